The Morgan fingerprint density at radius 3 is 2.00 bits per heavy atom. The van der Waals surface area contributed by atoms with Crippen LogP contribution >= 0.6 is 23.2 Å². The maximum atomic E-state index is 13.0. The highest BCUT2D eigenvalue weighted by Crippen LogP contribution is 2.44. The highest BCUT2D eigenvalue weighted by molar-refractivity contribution is 6.35. The Labute approximate surface area is 129 Å². The second kappa shape index (κ2) is 5.99. The molecule has 1 aromatic rings. The topological polar surface area (TPSA) is 54.0 Å². The van der Waals surface area contributed by atoms with E-state index in [1.807, 2.05) is 0 Å². The van der Waals surface area contributed by atoms with Crippen LogP contribution in [-0.2, 0) is 4.79 Å². The van der Waals surface area contributed by atoms with E-state index in [9.17, 15) is 31.1 Å². The molecule has 0 aliphatic rings. The first-order valence-electron chi connectivity index (χ1n) is 5.31. The van der Waals surface area contributed by atoms with Gasteiger partial charge in [-0.15, -0.1) is 0 Å². The summed E-state index contributed by atoms with van der Waals surface area (Å²) in [6.07, 6.45) is -11.1. The van der Waals surface area contributed by atoms with Crippen LogP contribution in [-0.4, -0.2) is 28.9 Å². The van der Waals surface area contributed by atoms with Crippen LogP contribution in [0.4, 0.5) is 32.2 Å². The summed E-state index contributed by atoms with van der Waals surface area (Å²) in [7, 11) is 0. The van der Waals surface area contributed by atoms with Crippen molar-refractivity contribution < 1.29 is 31.1 Å². The van der Waals surface area contributed by atoms with Crippen molar-refractivity contribution in [2.45, 2.75) is 24.9 Å². The smallest absolute Gasteiger partial charge is 0.331 e. The van der Waals surface area contributed by atoms with Crippen molar-refractivity contribution >= 4 is 34.9 Å². The minimum atomic E-state index is -5.93. The van der Waals surface area contributed by atoms with Crippen LogP contribution in [0.2, 0.25) is 10.0 Å². The monoisotopic (exact) mass is 369 g/mol. The SMILES string of the molecule is CC(=O)NC(Nc1ncc(Cl)cc1Cl)(C(F)(F)F)C(F)(F)F. The maximum Gasteiger partial charge on any atom is 0.439 e. The second-order valence-electron chi connectivity index (χ2n) is 4.04. The maximum absolute atomic E-state index is 13.0. The fourth-order valence-corrected chi connectivity index (χ4v) is 1.85. The standard InChI is InChI=1S/C10H7Cl2F6N3O/c1-4(22)20-8(9(13,14)15,10(16,17)18)21-7-6(12)2-5(11)3-19-7/h2-3H,1H3,(H,19,21)(H,20,22). The minimum Gasteiger partial charge on any atom is -0.331 e. The summed E-state index contributed by atoms with van der Waals surface area (Å²) in [5.74, 6) is -2.51. The summed E-state index contributed by atoms with van der Waals surface area (Å²) in [5.41, 5.74) is -4.75. The largest absolute Gasteiger partial charge is 0.439 e. The number of rotatable bonds is 3. The molecular formula is C10H7Cl2F6N3O. The summed E-state index contributed by atoms with van der Waals surface area (Å²) in [4.78, 5) is 14.1. The lowest BCUT2D eigenvalue weighted by molar-refractivity contribution is -0.295. The van der Waals surface area contributed by atoms with Gasteiger partial charge in [0, 0.05) is 13.1 Å². The average molecular weight is 370 g/mol. The van der Waals surface area contributed by atoms with Gasteiger partial charge in [0.25, 0.3) is 0 Å². The van der Waals surface area contributed by atoms with Crippen molar-refractivity contribution in [3.63, 3.8) is 0 Å². The van der Waals surface area contributed by atoms with Gasteiger partial charge in [0.1, 0.15) is 5.82 Å². The van der Waals surface area contributed by atoms with Crippen LogP contribution < -0.4 is 10.6 Å². The molecule has 1 heterocycles. The van der Waals surface area contributed by atoms with Crippen molar-refractivity contribution in [3.05, 3.63) is 22.3 Å². The number of halogens is 8. The fourth-order valence-electron chi connectivity index (χ4n) is 1.42. The Bertz CT molecular complexity index is 561. The zero-order chi connectivity index (χ0) is 17.3. The Balaban J connectivity index is 3.45. The van der Waals surface area contributed by atoms with Crippen LogP contribution in [0, 0.1) is 0 Å². The van der Waals surface area contributed by atoms with Gasteiger partial charge in [0.05, 0.1) is 10.0 Å². The van der Waals surface area contributed by atoms with Crippen LogP contribution in [0.15, 0.2) is 12.3 Å². The lowest BCUT2D eigenvalue weighted by Gasteiger charge is -2.38. The average Bonchev–Trinajstić information content (AvgIpc) is 2.27. The predicted molar refractivity (Wildman–Crippen MR) is 66.5 cm³/mol. The Morgan fingerprint density at radius 1 is 1.14 bits per heavy atom. The molecule has 0 unspecified atom stereocenters. The van der Waals surface area contributed by atoms with Crippen LogP contribution in [0.5, 0.6) is 0 Å². The first-order chi connectivity index (χ1) is 9.80. The van der Waals surface area contributed by atoms with E-state index < -0.39 is 34.8 Å². The molecule has 0 bridgehead atoms. The molecule has 0 saturated carbocycles. The Hall–Kier alpha value is -1.42. The molecule has 0 aliphatic carbocycles. The number of hydrogen-bond acceptors (Lipinski definition) is 3. The van der Waals surface area contributed by atoms with Gasteiger partial charge in [0.2, 0.25) is 5.91 Å². The quantitative estimate of drug-likeness (QED) is 0.630. The van der Waals surface area contributed by atoms with Crippen molar-refractivity contribution in [1.29, 1.82) is 0 Å². The minimum absolute atomic E-state index is 0.0975. The normalized spacial score (nSPS) is 13.0. The number of hydrogen-bond donors (Lipinski definition) is 2. The molecule has 0 saturated heterocycles. The summed E-state index contributed by atoms with van der Waals surface area (Å²) in [5, 5.41) is 1.26. The molecule has 0 spiro atoms. The number of carbonyl (C=O) groups excluding carboxylic acids is 1. The number of amides is 1. The van der Waals surface area contributed by atoms with Crippen LogP contribution in [0.1, 0.15) is 6.92 Å². The number of pyridine rings is 1. The third-order valence-electron chi connectivity index (χ3n) is 2.33. The van der Waals surface area contributed by atoms with Crippen LogP contribution in [0.25, 0.3) is 0 Å². The molecule has 22 heavy (non-hydrogen) atoms. The molecule has 4 nitrogen and oxygen atoms in total. The van der Waals surface area contributed by atoms with E-state index in [0.29, 0.717) is 6.92 Å². The molecular weight excluding hydrogens is 363 g/mol. The van der Waals surface area contributed by atoms with Crippen molar-refractivity contribution in [1.82, 2.24) is 10.3 Å². The van der Waals surface area contributed by atoms with E-state index in [2.05, 4.69) is 4.98 Å². The van der Waals surface area contributed by atoms with Crippen LogP contribution in [0.3, 0.4) is 0 Å². The number of alkyl halides is 6. The number of nitrogens with zero attached hydrogens (tertiary/aromatic N) is 1. The van der Waals surface area contributed by atoms with Crippen molar-refractivity contribution in [2.24, 2.45) is 0 Å². The third-order valence-corrected chi connectivity index (χ3v) is 2.82. The van der Waals surface area contributed by atoms with E-state index in [0.717, 1.165) is 22.9 Å². The molecule has 1 rings (SSSR count). The molecule has 0 aliphatic heterocycles. The number of nitrogens with one attached hydrogen (secondary N) is 2. The predicted octanol–water partition coefficient (Wildman–Crippen LogP) is 3.76. The molecule has 1 amide bonds. The lowest BCUT2D eigenvalue weighted by atomic mass is 10.1. The number of anilines is 1. The van der Waals surface area contributed by atoms with E-state index in [1.165, 1.54) is 0 Å². The molecule has 2 N–H and O–H groups in total. The van der Waals surface area contributed by atoms with E-state index in [1.54, 1.807) is 0 Å². The van der Waals surface area contributed by atoms with Gasteiger partial charge in [-0.05, 0) is 6.07 Å². The first kappa shape index (κ1) is 18.6. The summed E-state index contributed by atoms with van der Waals surface area (Å²) >= 11 is 11.0. The fraction of sp³-hybridized carbons (Fsp3) is 0.400. The van der Waals surface area contributed by atoms with Gasteiger partial charge in [-0.3, -0.25) is 4.79 Å². The van der Waals surface area contributed by atoms with E-state index >= 15 is 0 Å². The summed E-state index contributed by atoms with van der Waals surface area (Å²) in [6, 6.07) is 0.893. The highest BCUT2D eigenvalue weighted by atomic mass is 35.5. The molecule has 0 fully saturated rings. The second-order valence-corrected chi connectivity index (χ2v) is 4.88. The number of aromatic nitrogens is 1. The summed E-state index contributed by atoms with van der Waals surface area (Å²) in [6.45, 7) is 0.505. The molecule has 0 atom stereocenters. The zero-order valence-electron chi connectivity index (χ0n) is 10.5. The molecule has 124 valence electrons. The molecule has 12 heteroatoms. The van der Waals surface area contributed by atoms with E-state index in [-0.39, 0.29) is 5.02 Å². The van der Waals surface area contributed by atoms with Gasteiger partial charge in [-0.1, -0.05) is 23.2 Å². The van der Waals surface area contributed by atoms with E-state index in [4.69, 9.17) is 23.2 Å². The number of carbonyl (C=O) groups is 1. The third kappa shape index (κ3) is 3.67. The zero-order valence-corrected chi connectivity index (χ0v) is 12.0. The van der Waals surface area contributed by atoms with Gasteiger partial charge in [-0.2, -0.15) is 26.3 Å². The summed E-state index contributed by atoms with van der Waals surface area (Å²) < 4.78 is 78.2. The first-order valence-corrected chi connectivity index (χ1v) is 6.07. The van der Waals surface area contributed by atoms with Gasteiger partial charge in [-0.25, -0.2) is 4.98 Å². The molecule has 0 radical (unpaired) electrons. The van der Waals surface area contributed by atoms with Gasteiger partial charge < -0.3 is 10.6 Å². The van der Waals surface area contributed by atoms with Gasteiger partial charge in [0.15, 0.2) is 0 Å². The Kier molecular flexibility index (Phi) is 5.08. The van der Waals surface area contributed by atoms with Crippen molar-refractivity contribution in [2.75, 3.05) is 5.32 Å². The Morgan fingerprint density at radius 2 is 1.64 bits per heavy atom. The molecule has 0 aromatic carbocycles. The highest BCUT2D eigenvalue weighted by Gasteiger charge is 2.72. The lowest BCUT2D eigenvalue weighted by Crippen LogP contribution is -2.72. The van der Waals surface area contributed by atoms with Gasteiger partial charge >= 0.3 is 18.0 Å². The molecule has 1 aromatic heterocycles. The van der Waals surface area contributed by atoms with Crippen molar-refractivity contribution in [3.8, 4) is 0 Å².